The third kappa shape index (κ3) is 7.27. The van der Waals surface area contributed by atoms with Crippen molar-refractivity contribution in [3.63, 3.8) is 0 Å². The van der Waals surface area contributed by atoms with Crippen LogP contribution in [0.15, 0.2) is 61.1 Å². The van der Waals surface area contributed by atoms with E-state index in [1.165, 1.54) is 6.07 Å². The van der Waals surface area contributed by atoms with Crippen molar-refractivity contribution < 1.29 is 42.1 Å². The summed E-state index contributed by atoms with van der Waals surface area (Å²) in [5, 5.41) is 19.0. The van der Waals surface area contributed by atoms with Crippen molar-refractivity contribution in [1.29, 1.82) is 0 Å². The summed E-state index contributed by atoms with van der Waals surface area (Å²) in [6, 6.07) is 6.90. The van der Waals surface area contributed by atoms with E-state index in [1.54, 1.807) is 6.20 Å². The SMILES string of the molecule is Fc1ccc(OC2CC(NCc3cccn4ccnc34)C2)cc1C(F)(F)F.O=C(O)/C=C\C(=O)O. The summed E-state index contributed by atoms with van der Waals surface area (Å²) >= 11 is 0. The second-order valence-electron chi connectivity index (χ2n) is 7.63. The van der Waals surface area contributed by atoms with Crippen LogP contribution in [-0.2, 0) is 22.3 Å². The highest BCUT2D eigenvalue weighted by Crippen LogP contribution is 2.35. The van der Waals surface area contributed by atoms with Gasteiger partial charge in [0.25, 0.3) is 0 Å². The number of halogens is 4. The maximum Gasteiger partial charge on any atom is 0.419 e. The van der Waals surface area contributed by atoms with Crippen LogP contribution in [0.3, 0.4) is 0 Å². The van der Waals surface area contributed by atoms with Crippen molar-refractivity contribution in [3.05, 3.63) is 78.0 Å². The summed E-state index contributed by atoms with van der Waals surface area (Å²) < 4.78 is 59.1. The Hall–Kier alpha value is -3.93. The first-order chi connectivity index (χ1) is 16.5. The predicted molar refractivity (Wildman–Crippen MR) is 115 cm³/mol. The van der Waals surface area contributed by atoms with Crippen molar-refractivity contribution in [2.24, 2.45) is 0 Å². The minimum atomic E-state index is -4.74. The monoisotopic (exact) mass is 495 g/mol. The van der Waals surface area contributed by atoms with E-state index >= 15 is 0 Å². The molecule has 0 atom stereocenters. The van der Waals surface area contributed by atoms with Gasteiger partial charge in [0, 0.05) is 48.9 Å². The third-order valence-electron chi connectivity index (χ3n) is 5.09. The maximum atomic E-state index is 13.3. The Morgan fingerprint density at radius 2 is 1.83 bits per heavy atom. The van der Waals surface area contributed by atoms with Gasteiger partial charge in [-0.15, -0.1) is 0 Å². The molecular weight excluding hydrogens is 474 g/mol. The lowest BCUT2D eigenvalue weighted by Gasteiger charge is -2.36. The van der Waals surface area contributed by atoms with Crippen molar-refractivity contribution in [2.45, 2.75) is 37.7 Å². The minimum absolute atomic E-state index is 0.0364. The lowest BCUT2D eigenvalue weighted by Crippen LogP contribution is -2.46. The molecule has 0 aliphatic heterocycles. The number of carboxylic acids is 2. The molecule has 2 aromatic heterocycles. The molecule has 2 heterocycles. The van der Waals surface area contributed by atoms with Gasteiger partial charge in [0.15, 0.2) is 0 Å². The van der Waals surface area contributed by atoms with Gasteiger partial charge in [0.2, 0.25) is 0 Å². The molecule has 8 nitrogen and oxygen atoms in total. The number of alkyl halides is 3. The van der Waals surface area contributed by atoms with E-state index < -0.39 is 29.5 Å². The summed E-state index contributed by atoms with van der Waals surface area (Å²) in [6.07, 6.45) is 3.10. The molecular formula is C23H21F4N3O5. The summed E-state index contributed by atoms with van der Waals surface area (Å²) in [7, 11) is 0. The molecule has 186 valence electrons. The number of ether oxygens (including phenoxy) is 1. The maximum absolute atomic E-state index is 13.3. The van der Waals surface area contributed by atoms with E-state index in [0.29, 0.717) is 31.5 Å². The molecule has 1 aliphatic carbocycles. The highest BCUT2D eigenvalue weighted by molar-refractivity contribution is 5.89. The Labute approximate surface area is 196 Å². The number of hydrogen-bond acceptors (Lipinski definition) is 5. The van der Waals surface area contributed by atoms with Crippen LogP contribution in [0.4, 0.5) is 17.6 Å². The Morgan fingerprint density at radius 1 is 1.14 bits per heavy atom. The highest BCUT2D eigenvalue weighted by atomic mass is 19.4. The number of nitrogens with one attached hydrogen (secondary N) is 1. The quantitative estimate of drug-likeness (QED) is 0.337. The first kappa shape index (κ1) is 25.7. The average molecular weight is 495 g/mol. The molecule has 1 aliphatic rings. The Balaban J connectivity index is 0.000000371. The molecule has 4 rings (SSSR count). The van der Waals surface area contributed by atoms with Crippen LogP contribution in [0.5, 0.6) is 5.75 Å². The van der Waals surface area contributed by atoms with Gasteiger partial charge in [-0.25, -0.2) is 19.0 Å². The topological polar surface area (TPSA) is 113 Å². The van der Waals surface area contributed by atoms with Gasteiger partial charge in [0.05, 0.1) is 5.56 Å². The summed E-state index contributed by atoms with van der Waals surface area (Å²) in [4.78, 5) is 23.4. The Bertz CT molecular complexity index is 1200. The number of pyridine rings is 1. The van der Waals surface area contributed by atoms with Crippen LogP contribution < -0.4 is 10.1 Å². The number of carbonyl (C=O) groups is 2. The van der Waals surface area contributed by atoms with Crippen LogP contribution in [0.2, 0.25) is 0 Å². The van der Waals surface area contributed by atoms with Gasteiger partial charge >= 0.3 is 18.1 Å². The Kier molecular flexibility index (Phi) is 8.07. The number of fused-ring (bicyclic) bond motifs is 1. The second kappa shape index (κ2) is 11.0. The number of hydrogen-bond donors (Lipinski definition) is 3. The van der Waals surface area contributed by atoms with E-state index in [2.05, 4.69) is 10.3 Å². The largest absolute Gasteiger partial charge is 0.490 e. The molecule has 0 saturated heterocycles. The molecule has 3 N–H and O–H groups in total. The normalized spacial score (nSPS) is 17.5. The van der Waals surface area contributed by atoms with Gasteiger partial charge in [-0.1, -0.05) is 6.07 Å². The number of carboxylic acid groups (broad SMARTS) is 2. The molecule has 1 fully saturated rings. The zero-order valence-corrected chi connectivity index (χ0v) is 18.1. The van der Waals surface area contributed by atoms with Crippen LogP contribution in [0.1, 0.15) is 24.0 Å². The van der Waals surface area contributed by atoms with E-state index in [0.717, 1.165) is 23.3 Å². The number of aromatic nitrogens is 2. The molecule has 0 unspecified atom stereocenters. The van der Waals surface area contributed by atoms with Crippen molar-refractivity contribution >= 4 is 17.6 Å². The van der Waals surface area contributed by atoms with Gasteiger partial charge < -0.3 is 24.7 Å². The number of rotatable bonds is 7. The lowest BCUT2D eigenvalue weighted by atomic mass is 9.89. The molecule has 12 heteroatoms. The molecule has 35 heavy (non-hydrogen) atoms. The molecule has 0 bridgehead atoms. The van der Waals surface area contributed by atoms with Gasteiger partial charge in [0.1, 0.15) is 23.3 Å². The van der Waals surface area contributed by atoms with Gasteiger partial charge in [-0.2, -0.15) is 13.2 Å². The molecule has 0 spiro atoms. The molecule has 0 amide bonds. The van der Waals surface area contributed by atoms with Gasteiger partial charge in [-0.05, 0) is 37.1 Å². The first-order valence-corrected chi connectivity index (χ1v) is 10.3. The fourth-order valence-electron chi connectivity index (χ4n) is 3.36. The lowest BCUT2D eigenvalue weighted by molar-refractivity contribution is -0.140. The zero-order chi connectivity index (χ0) is 25.6. The van der Waals surface area contributed by atoms with E-state index in [9.17, 15) is 27.2 Å². The fraction of sp³-hybridized carbons (Fsp3) is 0.261. The van der Waals surface area contributed by atoms with Crippen molar-refractivity contribution in [1.82, 2.24) is 14.7 Å². The summed E-state index contributed by atoms with van der Waals surface area (Å²) in [5.74, 6) is -3.77. The summed E-state index contributed by atoms with van der Waals surface area (Å²) in [6.45, 7) is 0.646. The molecule has 1 aromatic carbocycles. The van der Waals surface area contributed by atoms with Crippen molar-refractivity contribution in [3.8, 4) is 5.75 Å². The highest BCUT2D eigenvalue weighted by Gasteiger charge is 2.35. The van der Waals surface area contributed by atoms with Gasteiger partial charge in [-0.3, -0.25) is 0 Å². The van der Waals surface area contributed by atoms with Crippen LogP contribution in [-0.4, -0.2) is 43.7 Å². The second-order valence-corrected chi connectivity index (χ2v) is 7.63. The van der Waals surface area contributed by atoms with Crippen LogP contribution in [0, 0.1) is 5.82 Å². The number of aliphatic carboxylic acids is 2. The smallest absolute Gasteiger partial charge is 0.419 e. The standard InChI is InChI=1S/C19H17F4N3O.C4H4O4/c20-17-4-3-14(10-16(17)19(21,22)23)27-15-8-13(9-15)25-11-12-2-1-6-26-7-5-24-18(12)26;5-3(6)1-2-4(7)8/h1-7,10,13,15,25H,8-9,11H2;1-2H,(H,5,6)(H,7,8)/b;2-1-. The zero-order valence-electron chi connectivity index (χ0n) is 18.1. The average Bonchev–Trinajstić information content (AvgIpc) is 3.24. The number of nitrogens with zero attached hydrogens (tertiary/aromatic N) is 2. The number of imidazole rings is 1. The summed E-state index contributed by atoms with van der Waals surface area (Å²) in [5.41, 5.74) is 0.658. The third-order valence-corrected chi connectivity index (χ3v) is 5.09. The Morgan fingerprint density at radius 3 is 2.46 bits per heavy atom. The van der Waals surface area contributed by atoms with E-state index in [1.807, 2.05) is 28.9 Å². The van der Waals surface area contributed by atoms with Crippen LogP contribution in [0.25, 0.3) is 5.65 Å². The number of benzene rings is 1. The minimum Gasteiger partial charge on any atom is -0.490 e. The molecule has 3 aromatic rings. The van der Waals surface area contributed by atoms with Crippen molar-refractivity contribution in [2.75, 3.05) is 0 Å². The molecule has 1 saturated carbocycles. The van der Waals surface area contributed by atoms with E-state index in [-0.39, 0.29) is 17.9 Å². The molecule has 0 radical (unpaired) electrons. The predicted octanol–water partition coefficient (Wildman–Crippen LogP) is 3.90. The fourth-order valence-corrected chi connectivity index (χ4v) is 3.36. The van der Waals surface area contributed by atoms with Crippen LogP contribution >= 0.6 is 0 Å². The van der Waals surface area contributed by atoms with E-state index in [4.69, 9.17) is 14.9 Å². The first-order valence-electron chi connectivity index (χ1n) is 10.3.